The van der Waals surface area contributed by atoms with Crippen LogP contribution in [0.4, 0.5) is 5.82 Å². The number of nitrogens with one attached hydrogen (secondary N) is 1. The van der Waals surface area contributed by atoms with Crippen LogP contribution in [0.15, 0.2) is 48.7 Å². The van der Waals surface area contributed by atoms with Crippen LogP contribution in [-0.2, 0) is 4.79 Å². The van der Waals surface area contributed by atoms with Crippen LogP contribution in [0.1, 0.15) is 45.6 Å². The molecule has 0 unspecified atom stereocenters. The molecule has 3 amide bonds. The van der Waals surface area contributed by atoms with Crippen molar-refractivity contribution in [2.45, 2.75) is 18.9 Å². The minimum absolute atomic E-state index is 0.00399. The minimum atomic E-state index is -0.768. The summed E-state index contributed by atoms with van der Waals surface area (Å²) in [7, 11) is 0. The molecule has 1 aromatic carbocycles. The molecule has 0 saturated carbocycles. The highest BCUT2D eigenvalue weighted by atomic mass is 16.2. The average Bonchev–Trinajstić information content (AvgIpc) is 3.43. The van der Waals surface area contributed by atoms with Crippen LogP contribution in [0, 0.1) is 12.3 Å². The summed E-state index contributed by atoms with van der Waals surface area (Å²) in [4.78, 5) is 46.9. The Bertz CT molecular complexity index is 1260. The monoisotopic (exact) mass is 443 g/mol. The maximum absolute atomic E-state index is 12.5. The molecule has 4 rings (SSSR count). The molecule has 166 valence electrons. The molecule has 1 aliphatic rings. The second-order valence-corrected chi connectivity index (χ2v) is 7.45. The first-order valence-electron chi connectivity index (χ1n) is 10.2. The van der Waals surface area contributed by atoms with Gasteiger partial charge in [-0.15, -0.1) is 6.42 Å². The molecule has 0 spiro atoms. The number of carbonyl (C=O) groups excluding carboxylic acids is 3. The summed E-state index contributed by atoms with van der Waals surface area (Å²) in [5.41, 5.74) is 6.77. The molecular weight excluding hydrogens is 422 g/mol. The fraction of sp³-hybridized carbons (Fsp3) is 0.174. The third-order valence-corrected chi connectivity index (χ3v) is 5.43. The van der Waals surface area contributed by atoms with Crippen LogP contribution in [0.5, 0.6) is 0 Å². The second kappa shape index (κ2) is 8.84. The summed E-state index contributed by atoms with van der Waals surface area (Å²) in [5.74, 6) is 7.47. The highest BCUT2D eigenvalue weighted by Gasteiger charge is 2.35. The SMILES string of the molecule is C#CC(=O)N1CCC[C@H]1c1nc(-c2ccc(C(=O)Nc3ccccn3)cc2)c(C(N)=O)n1N. The number of terminal acetylenes is 1. The second-order valence-electron chi connectivity index (χ2n) is 7.45. The number of imidazole rings is 1. The smallest absolute Gasteiger partial charge is 0.298 e. The van der Waals surface area contributed by atoms with E-state index in [9.17, 15) is 14.4 Å². The number of hydrogen-bond acceptors (Lipinski definition) is 6. The Labute approximate surface area is 189 Å². The number of aromatic nitrogens is 3. The number of rotatable bonds is 5. The predicted molar refractivity (Wildman–Crippen MR) is 121 cm³/mol. The summed E-state index contributed by atoms with van der Waals surface area (Å²) in [6.07, 6.45) is 8.19. The zero-order valence-corrected chi connectivity index (χ0v) is 17.6. The first-order valence-corrected chi connectivity index (χ1v) is 10.2. The van der Waals surface area contributed by atoms with Crippen LogP contribution in [0.25, 0.3) is 11.3 Å². The number of pyridine rings is 1. The van der Waals surface area contributed by atoms with E-state index in [2.05, 4.69) is 21.2 Å². The Morgan fingerprint density at radius 1 is 1.15 bits per heavy atom. The van der Waals surface area contributed by atoms with Crippen LogP contribution >= 0.6 is 0 Å². The largest absolute Gasteiger partial charge is 0.364 e. The molecule has 3 aromatic rings. The van der Waals surface area contributed by atoms with Gasteiger partial charge in [-0.1, -0.05) is 18.2 Å². The van der Waals surface area contributed by atoms with Gasteiger partial charge in [0, 0.05) is 23.9 Å². The van der Waals surface area contributed by atoms with E-state index in [0.29, 0.717) is 35.7 Å². The molecule has 1 atom stereocenters. The van der Waals surface area contributed by atoms with Gasteiger partial charge in [0.15, 0.2) is 11.5 Å². The van der Waals surface area contributed by atoms with Gasteiger partial charge in [0.25, 0.3) is 17.7 Å². The maximum Gasteiger partial charge on any atom is 0.298 e. The van der Waals surface area contributed by atoms with Crippen LogP contribution in [0.2, 0.25) is 0 Å². The molecule has 2 aromatic heterocycles. The number of nitrogen functional groups attached to an aromatic ring is 1. The lowest BCUT2D eigenvalue weighted by atomic mass is 10.1. The predicted octanol–water partition coefficient (Wildman–Crippen LogP) is 1.31. The topological polar surface area (TPSA) is 149 Å². The number of nitrogens with two attached hydrogens (primary N) is 2. The van der Waals surface area contributed by atoms with Crippen molar-refractivity contribution >= 4 is 23.5 Å². The number of amides is 3. The molecule has 10 nitrogen and oxygen atoms in total. The van der Waals surface area contributed by atoms with Gasteiger partial charge in [0.05, 0.1) is 6.04 Å². The van der Waals surface area contributed by atoms with E-state index in [4.69, 9.17) is 18.0 Å². The Kier molecular flexibility index (Phi) is 5.78. The van der Waals surface area contributed by atoms with Crippen molar-refractivity contribution in [1.82, 2.24) is 19.5 Å². The molecule has 3 heterocycles. The van der Waals surface area contributed by atoms with Crippen molar-refractivity contribution in [3.8, 4) is 23.6 Å². The lowest BCUT2D eigenvalue weighted by Gasteiger charge is -2.21. The molecule has 5 N–H and O–H groups in total. The molecule has 33 heavy (non-hydrogen) atoms. The number of likely N-dealkylation sites (tertiary alicyclic amines) is 1. The van der Waals surface area contributed by atoms with Gasteiger partial charge in [-0.25, -0.2) is 14.6 Å². The Hall–Kier alpha value is -4.65. The first-order chi connectivity index (χ1) is 15.9. The summed E-state index contributed by atoms with van der Waals surface area (Å²) in [5, 5.41) is 2.70. The van der Waals surface area contributed by atoms with Gasteiger partial charge >= 0.3 is 0 Å². The third-order valence-electron chi connectivity index (χ3n) is 5.43. The van der Waals surface area contributed by atoms with Crippen molar-refractivity contribution in [2.24, 2.45) is 5.73 Å². The highest BCUT2D eigenvalue weighted by Crippen LogP contribution is 2.34. The van der Waals surface area contributed by atoms with Crippen LogP contribution in [0.3, 0.4) is 0 Å². The Morgan fingerprint density at radius 3 is 2.55 bits per heavy atom. The number of nitrogens with zero attached hydrogens (tertiary/aromatic N) is 4. The summed E-state index contributed by atoms with van der Waals surface area (Å²) < 4.78 is 1.12. The number of benzene rings is 1. The van der Waals surface area contributed by atoms with Gasteiger partial charge in [-0.2, -0.15) is 0 Å². The van der Waals surface area contributed by atoms with Gasteiger partial charge in [-0.3, -0.25) is 14.4 Å². The number of carbonyl (C=O) groups is 3. The van der Waals surface area contributed by atoms with Gasteiger partial charge < -0.3 is 21.8 Å². The van der Waals surface area contributed by atoms with Crippen molar-refractivity contribution < 1.29 is 14.4 Å². The van der Waals surface area contributed by atoms with E-state index >= 15 is 0 Å². The average molecular weight is 443 g/mol. The summed E-state index contributed by atoms with van der Waals surface area (Å²) >= 11 is 0. The molecular formula is C23H21N7O3. The van der Waals surface area contributed by atoms with Crippen LogP contribution in [-0.4, -0.2) is 43.8 Å². The molecule has 0 aliphatic carbocycles. The molecule has 0 bridgehead atoms. The maximum atomic E-state index is 12.5. The van der Waals surface area contributed by atoms with E-state index in [1.54, 1.807) is 48.7 Å². The standard InChI is InChI=1S/C23H21N7O3/c1-2-18(31)29-13-5-6-16(29)22-28-19(20(21(24)32)30(22)25)14-8-10-15(11-9-14)23(33)27-17-7-3-4-12-26-17/h1,3-4,7-12,16H,5-6,13,25H2,(H2,24,32)(H,26,27,33)/t16-/m0/s1. The molecule has 10 heteroatoms. The van der Waals surface area contributed by atoms with Crippen molar-refractivity contribution in [3.05, 3.63) is 65.7 Å². The fourth-order valence-corrected chi connectivity index (χ4v) is 3.89. The Morgan fingerprint density at radius 2 is 1.91 bits per heavy atom. The lowest BCUT2D eigenvalue weighted by Crippen LogP contribution is -2.33. The molecule has 1 aliphatic heterocycles. The van der Waals surface area contributed by atoms with Gasteiger partial charge in [0.2, 0.25) is 0 Å². The number of hydrogen-bond donors (Lipinski definition) is 3. The fourth-order valence-electron chi connectivity index (χ4n) is 3.89. The third kappa shape index (κ3) is 4.12. The molecule has 0 radical (unpaired) electrons. The summed E-state index contributed by atoms with van der Waals surface area (Å²) in [6, 6.07) is 11.2. The van der Waals surface area contributed by atoms with Crippen molar-refractivity contribution in [3.63, 3.8) is 0 Å². The van der Waals surface area contributed by atoms with Crippen LogP contribution < -0.4 is 16.9 Å². The Balaban J connectivity index is 1.65. The number of anilines is 1. The molecule has 1 fully saturated rings. The first kappa shape index (κ1) is 21.6. The van der Waals surface area contributed by atoms with E-state index < -0.39 is 17.9 Å². The zero-order chi connectivity index (χ0) is 23.5. The van der Waals surface area contributed by atoms with Gasteiger partial charge in [-0.05, 0) is 43.0 Å². The summed E-state index contributed by atoms with van der Waals surface area (Å²) in [6.45, 7) is 0.474. The zero-order valence-electron chi connectivity index (χ0n) is 17.6. The lowest BCUT2D eigenvalue weighted by molar-refractivity contribution is -0.126. The normalized spacial score (nSPS) is 15.1. The quantitative estimate of drug-likeness (QED) is 0.400. The van der Waals surface area contributed by atoms with Crippen molar-refractivity contribution in [2.75, 3.05) is 17.7 Å². The molecule has 1 saturated heterocycles. The highest BCUT2D eigenvalue weighted by molar-refractivity contribution is 6.04. The van der Waals surface area contributed by atoms with E-state index in [0.717, 1.165) is 11.1 Å². The van der Waals surface area contributed by atoms with E-state index in [-0.39, 0.29) is 17.3 Å². The van der Waals surface area contributed by atoms with Gasteiger partial charge in [0.1, 0.15) is 11.5 Å². The van der Waals surface area contributed by atoms with E-state index in [1.807, 2.05) is 0 Å². The number of primary amides is 1. The van der Waals surface area contributed by atoms with E-state index in [1.165, 1.54) is 4.90 Å². The van der Waals surface area contributed by atoms with Crippen molar-refractivity contribution in [1.29, 1.82) is 0 Å². The minimum Gasteiger partial charge on any atom is -0.364 e.